The van der Waals surface area contributed by atoms with Crippen molar-refractivity contribution in [2.75, 3.05) is 6.54 Å². The molecule has 0 aliphatic heterocycles. The maximum Gasteiger partial charge on any atom is 0.322 e. The molecule has 0 saturated carbocycles. The number of hydrogen-bond donors (Lipinski definition) is 7. The van der Waals surface area contributed by atoms with Crippen LogP contribution in [0.15, 0.2) is 24.3 Å². The Labute approximate surface area is 191 Å². The number of rotatable bonds is 13. The Bertz CT molecular complexity index is 859. The zero-order valence-corrected chi connectivity index (χ0v) is 18.5. The molecule has 9 N–H and O–H groups in total. The number of carboxylic acids is 1. The first-order valence-electron chi connectivity index (χ1n) is 10.4. The number of amides is 4. The van der Waals surface area contributed by atoms with E-state index in [0.29, 0.717) is 12.0 Å². The van der Waals surface area contributed by atoms with Crippen molar-refractivity contribution in [2.45, 2.75) is 51.2 Å². The second-order valence-corrected chi connectivity index (χ2v) is 7.69. The molecule has 0 aromatic heterocycles. The van der Waals surface area contributed by atoms with Gasteiger partial charge in [-0.3, -0.25) is 24.0 Å². The summed E-state index contributed by atoms with van der Waals surface area (Å²) >= 11 is 0. The van der Waals surface area contributed by atoms with Crippen LogP contribution in [0.5, 0.6) is 5.75 Å². The molecule has 12 heteroatoms. The molecule has 1 aromatic rings. The zero-order valence-electron chi connectivity index (χ0n) is 18.5. The number of carboxylic acid groups (broad SMARTS) is 1. The zero-order chi connectivity index (χ0) is 25.1. The van der Waals surface area contributed by atoms with Crippen LogP contribution in [-0.2, 0) is 30.4 Å². The van der Waals surface area contributed by atoms with Gasteiger partial charge < -0.3 is 37.6 Å². The van der Waals surface area contributed by atoms with E-state index in [2.05, 4.69) is 16.0 Å². The predicted octanol–water partition coefficient (Wildman–Crippen LogP) is -1.65. The van der Waals surface area contributed by atoms with E-state index in [9.17, 15) is 29.1 Å². The summed E-state index contributed by atoms with van der Waals surface area (Å²) in [6.07, 6.45) is 0.0441. The molecule has 0 bridgehead atoms. The highest BCUT2D eigenvalue weighted by molar-refractivity contribution is 5.95. The van der Waals surface area contributed by atoms with Gasteiger partial charge >= 0.3 is 5.97 Å². The number of nitrogens with two attached hydrogens (primary N) is 2. The maximum atomic E-state index is 13.0. The number of hydrogen-bond acceptors (Lipinski definition) is 7. The first-order chi connectivity index (χ1) is 15.4. The third kappa shape index (κ3) is 9.56. The number of carbonyl (C=O) groups excluding carboxylic acids is 4. The number of benzene rings is 1. The van der Waals surface area contributed by atoms with Gasteiger partial charge in [0.1, 0.15) is 24.4 Å². The molecule has 0 heterocycles. The van der Waals surface area contributed by atoms with Crippen LogP contribution < -0.4 is 27.4 Å². The van der Waals surface area contributed by atoms with Crippen molar-refractivity contribution in [3.05, 3.63) is 29.8 Å². The molecule has 1 aromatic carbocycles. The van der Waals surface area contributed by atoms with Gasteiger partial charge in [-0.2, -0.15) is 0 Å². The molecule has 1 rings (SSSR count). The van der Waals surface area contributed by atoms with E-state index < -0.39 is 60.7 Å². The van der Waals surface area contributed by atoms with E-state index in [4.69, 9.17) is 16.6 Å². The molecule has 0 spiro atoms. The quantitative estimate of drug-likeness (QED) is 0.179. The van der Waals surface area contributed by atoms with Crippen molar-refractivity contribution in [2.24, 2.45) is 17.4 Å². The van der Waals surface area contributed by atoms with Gasteiger partial charge in [0.25, 0.3) is 0 Å². The van der Waals surface area contributed by atoms with Gasteiger partial charge in [-0.05, 0) is 23.6 Å². The van der Waals surface area contributed by atoms with Crippen LogP contribution in [0, 0.1) is 5.92 Å². The fourth-order valence-electron chi connectivity index (χ4n) is 2.83. The summed E-state index contributed by atoms with van der Waals surface area (Å²) in [4.78, 5) is 59.9. The lowest BCUT2D eigenvalue weighted by Crippen LogP contribution is -2.57. The summed E-state index contributed by atoms with van der Waals surface area (Å²) in [7, 11) is 0. The summed E-state index contributed by atoms with van der Waals surface area (Å²) in [6, 6.07) is 2.41. The molecule has 0 radical (unpaired) electrons. The number of primary amides is 1. The topological polar surface area (TPSA) is 214 Å². The lowest BCUT2D eigenvalue weighted by Gasteiger charge is -2.25. The maximum absolute atomic E-state index is 13.0. The molecule has 12 nitrogen and oxygen atoms in total. The highest BCUT2D eigenvalue weighted by Gasteiger charge is 2.30. The molecule has 0 saturated heterocycles. The van der Waals surface area contributed by atoms with E-state index in [0.717, 1.165) is 0 Å². The molecular weight excluding hydrogens is 434 g/mol. The highest BCUT2D eigenvalue weighted by Crippen LogP contribution is 2.12. The van der Waals surface area contributed by atoms with E-state index in [-0.39, 0.29) is 18.1 Å². The summed E-state index contributed by atoms with van der Waals surface area (Å²) in [5, 5.41) is 25.2. The minimum atomic E-state index is -1.45. The number of carbonyl (C=O) groups is 5. The van der Waals surface area contributed by atoms with Gasteiger partial charge in [0.15, 0.2) is 0 Å². The predicted molar refractivity (Wildman–Crippen MR) is 118 cm³/mol. The molecular formula is C21H31N5O7. The van der Waals surface area contributed by atoms with Crippen LogP contribution in [0.4, 0.5) is 0 Å². The fourth-order valence-corrected chi connectivity index (χ4v) is 2.83. The number of phenolic OH excluding ortho intramolecular Hbond substituents is 1. The minimum absolute atomic E-state index is 0.00881. The number of phenols is 1. The van der Waals surface area contributed by atoms with Crippen molar-refractivity contribution in [1.82, 2.24) is 16.0 Å². The van der Waals surface area contributed by atoms with Crippen molar-refractivity contribution in [1.29, 1.82) is 0 Å². The molecule has 0 aliphatic carbocycles. The van der Waals surface area contributed by atoms with Crippen molar-refractivity contribution in [3.63, 3.8) is 0 Å². The van der Waals surface area contributed by atoms with E-state index in [1.807, 2.05) is 6.92 Å². The average Bonchev–Trinajstić information content (AvgIpc) is 2.76. The first kappa shape index (κ1) is 27.4. The first-order valence-corrected chi connectivity index (χ1v) is 10.4. The summed E-state index contributed by atoms with van der Waals surface area (Å²) in [5.74, 6) is -4.66. The number of aromatic hydroxyl groups is 1. The monoisotopic (exact) mass is 465 g/mol. The molecule has 4 amide bonds. The Morgan fingerprint density at radius 2 is 1.55 bits per heavy atom. The third-order valence-corrected chi connectivity index (χ3v) is 5.02. The molecule has 4 atom stereocenters. The van der Waals surface area contributed by atoms with Gasteiger partial charge in [-0.15, -0.1) is 0 Å². The molecule has 4 unspecified atom stereocenters. The molecule has 33 heavy (non-hydrogen) atoms. The molecule has 0 fully saturated rings. The van der Waals surface area contributed by atoms with Gasteiger partial charge in [-0.25, -0.2) is 0 Å². The lowest BCUT2D eigenvalue weighted by molar-refractivity contribution is -0.138. The minimum Gasteiger partial charge on any atom is -0.508 e. The van der Waals surface area contributed by atoms with Crippen molar-refractivity contribution in [3.8, 4) is 5.75 Å². The summed E-state index contributed by atoms with van der Waals surface area (Å²) < 4.78 is 0. The lowest BCUT2D eigenvalue weighted by atomic mass is 9.98. The van der Waals surface area contributed by atoms with Crippen molar-refractivity contribution < 1.29 is 34.2 Å². The fraction of sp³-hybridized carbons (Fsp3) is 0.476. The summed E-state index contributed by atoms with van der Waals surface area (Å²) in [6.45, 7) is 2.93. The second-order valence-electron chi connectivity index (χ2n) is 7.69. The normalized spacial score (nSPS) is 14.3. The van der Waals surface area contributed by atoms with Crippen LogP contribution in [0.2, 0.25) is 0 Å². The Kier molecular flexibility index (Phi) is 10.8. The Morgan fingerprint density at radius 1 is 0.970 bits per heavy atom. The third-order valence-electron chi connectivity index (χ3n) is 5.02. The van der Waals surface area contributed by atoms with Crippen LogP contribution >= 0.6 is 0 Å². The average molecular weight is 466 g/mol. The van der Waals surface area contributed by atoms with E-state index in [1.165, 1.54) is 12.1 Å². The molecule has 0 aliphatic rings. The SMILES string of the molecule is CCC(C)C(N)C(=O)NC(Cc1ccc(O)cc1)C(=O)NC(CC(N)=O)C(=O)NCC(=O)O. The van der Waals surface area contributed by atoms with Crippen LogP contribution in [0.25, 0.3) is 0 Å². The van der Waals surface area contributed by atoms with E-state index in [1.54, 1.807) is 19.1 Å². The number of nitrogens with one attached hydrogen (secondary N) is 3. The largest absolute Gasteiger partial charge is 0.508 e. The van der Waals surface area contributed by atoms with Gasteiger partial charge in [0, 0.05) is 6.42 Å². The van der Waals surface area contributed by atoms with Crippen molar-refractivity contribution >= 4 is 29.6 Å². The Balaban J connectivity index is 3.08. The Hall–Kier alpha value is -3.67. The van der Waals surface area contributed by atoms with Crippen LogP contribution in [0.3, 0.4) is 0 Å². The van der Waals surface area contributed by atoms with Crippen LogP contribution in [-0.4, -0.2) is 64.5 Å². The standard InChI is InChI=1S/C21H31N5O7/c1-3-11(2)18(23)21(33)26-14(8-12-4-6-13(27)7-5-12)20(32)25-15(9-16(22)28)19(31)24-10-17(29)30/h4-7,11,14-15,18,27H,3,8-10,23H2,1-2H3,(H2,22,28)(H,24,31)(H,25,32)(H,26,33)(H,29,30). The summed E-state index contributed by atoms with van der Waals surface area (Å²) in [5.41, 5.74) is 11.7. The highest BCUT2D eigenvalue weighted by atomic mass is 16.4. The second kappa shape index (κ2) is 13.0. The molecule has 182 valence electrons. The van der Waals surface area contributed by atoms with Crippen LogP contribution in [0.1, 0.15) is 32.3 Å². The van der Waals surface area contributed by atoms with Gasteiger partial charge in [-0.1, -0.05) is 32.4 Å². The van der Waals surface area contributed by atoms with Gasteiger partial charge in [0.2, 0.25) is 23.6 Å². The van der Waals surface area contributed by atoms with Gasteiger partial charge in [0.05, 0.1) is 12.5 Å². The Morgan fingerprint density at radius 3 is 2.06 bits per heavy atom. The smallest absolute Gasteiger partial charge is 0.322 e. The number of aliphatic carboxylic acids is 1. The van der Waals surface area contributed by atoms with E-state index >= 15 is 0 Å².